The molecule has 3 rings (SSSR count). The zero-order chi connectivity index (χ0) is 23.1. The molecule has 0 unspecified atom stereocenters. The van der Waals surface area contributed by atoms with Crippen LogP contribution < -0.4 is 10.1 Å². The molecule has 0 fully saturated rings. The molecule has 32 heavy (non-hydrogen) atoms. The molecule has 0 heterocycles. The summed E-state index contributed by atoms with van der Waals surface area (Å²) in [6.45, 7) is 5.76. The number of ether oxygens (including phenoxy) is 2. The van der Waals surface area contributed by atoms with E-state index in [0.29, 0.717) is 5.75 Å². The van der Waals surface area contributed by atoms with Gasteiger partial charge >= 0.3 is 5.97 Å². The first-order valence-corrected chi connectivity index (χ1v) is 10.4. The van der Waals surface area contributed by atoms with Crippen molar-refractivity contribution < 1.29 is 23.5 Å². The molecule has 0 saturated carbocycles. The molecule has 3 aromatic rings. The average Bonchev–Trinajstić information content (AvgIpc) is 2.78. The Bertz CT molecular complexity index is 1090. The summed E-state index contributed by atoms with van der Waals surface area (Å²) in [5.74, 6) is -0.855. The number of aryl methyl sites for hydroxylation is 1. The number of benzene rings is 3. The molecular formula is C26H26FNO4. The van der Waals surface area contributed by atoms with Crippen molar-refractivity contribution in [3.8, 4) is 5.75 Å². The molecular weight excluding hydrogens is 409 g/mol. The Morgan fingerprint density at radius 3 is 2.41 bits per heavy atom. The summed E-state index contributed by atoms with van der Waals surface area (Å²) in [5.41, 5.74) is 3.67. The summed E-state index contributed by atoms with van der Waals surface area (Å²) in [6, 6.07) is 18.4. The topological polar surface area (TPSA) is 64.6 Å². The Kier molecular flexibility index (Phi) is 7.60. The lowest BCUT2D eigenvalue weighted by molar-refractivity contribution is -0.119. The number of hydrogen-bond acceptors (Lipinski definition) is 4. The maximum absolute atomic E-state index is 13.1. The molecule has 0 atom stereocenters. The van der Waals surface area contributed by atoms with Crippen molar-refractivity contribution in [1.29, 1.82) is 0 Å². The summed E-state index contributed by atoms with van der Waals surface area (Å²) in [4.78, 5) is 25.0. The van der Waals surface area contributed by atoms with Crippen molar-refractivity contribution in [2.75, 3.05) is 11.9 Å². The molecule has 5 nitrogen and oxygen atoms in total. The van der Waals surface area contributed by atoms with Gasteiger partial charge in [-0.25, -0.2) is 9.18 Å². The van der Waals surface area contributed by atoms with Crippen molar-refractivity contribution in [2.45, 2.75) is 33.3 Å². The van der Waals surface area contributed by atoms with Gasteiger partial charge in [0.05, 0.1) is 0 Å². The number of carbonyl (C=O) groups is 2. The second kappa shape index (κ2) is 10.6. The molecule has 6 heteroatoms. The highest BCUT2D eigenvalue weighted by Crippen LogP contribution is 2.27. The van der Waals surface area contributed by atoms with E-state index in [1.807, 2.05) is 39.0 Å². The minimum Gasteiger partial charge on any atom is -0.488 e. The number of hydrogen-bond donors (Lipinski definition) is 1. The Morgan fingerprint density at radius 2 is 1.69 bits per heavy atom. The van der Waals surface area contributed by atoms with Crippen molar-refractivity contribution in [1.82, 2.24) is 0 Å². The second-order valence-electron chi connectivity index (χ2n) is 7.73. The van der Waals surface area contributed by atoms with Crippen LogP contribution >= 0.6 is 0 Å². The first-order valence-electron chi connectivity index (χ1n) is 10.4. The number of rotatable bonds is 8. The first-order chi connectivity index (χ1) is 15.3. The van der Waals surface area contributed by atoms with Crippen molar-refractivity contribution in [2.24, 2.45) is 0 Å². The van der Waals surface area contributed by atoms with Crippen LogP contribution in [0.2, 0.25) is 0 Å². The van der Waals surface area contributed by atoms with Gasteiger partial charge in [-0.15, -0.1) is 0 Å². The lowest BCUT2D eigenvalue weighted by Crippen LogP contribution is -2.22. The fourth-order valence-electron chi connectivity index (χ4n) is 3.23. The van der Waals surface area contributed by atoms with E-state index in [9.17, 15) is 14.0 Å². The van der Waals surface area contributed by atoms with Crippen LogP contribution in [0.15, 0.2) is 66.7 Å². The molecule has 166 valence electrons. The number of amides is 1. The summed E-state index contributed by atoms with van der Waals surface area (Å²) < 4.78 is 24.0. The second-order valence-corrected chi connectivity index (χ2v) is 7.73. The molecule has 0 radical (unpaired) electrons. The maximum Gasteiger partial charge on any atom is 0.342 e. The summed E-state index contributed by atoms with van der Waals surface area (Å²) in [7, 11) is 0. The van der Waals surface area contributed by atoms with E-state index in [4.69, 9.17) is 9.47 Å². The Hall–Kier alpha value is -3.67. The van der Waals surface area contributed by atoms with Crippen LogP contribution in [-0.2, 0) is 16.1 Å². The molecule has 1 N–H and O–H groups in total. The summed E-state index contributed by atoms with van der Waals surface area (Å²) in [5, 5.41) is 2.85. The normalized spacial score (nSPS) is 10.7. The molecule has 0 aliphatic carbocycles. The highest BCUT2D eigenvalue weighted by atomic mass is 19.1. The number of carbonyl (C=O) groups excluding carboxylic acids is 2. The van der Waals surface area contributed by atoms with Crippen LogP contribution in [0, 0.1) is 12.7 Å². The van der Waals surface area contributed by atoms with Gasteiger partial charge in [-0.05, 0) is 53.8 Å². The Balaban J connectivity index is 1.62. The van der Waals surface area contributed by atoms with E-state index in [-0.39, 0.29) is 23.9 Å². The van der Waals surface area contributed by atoms with Crippen LogP contribution in [0.1, 0.15) is 46.8 Å². The third-order valence-electron chi connectivity index (χ3n) is 4.94. The zero-order valence-electron chi connectivity index (χ0n) is 18.4. The molecule has 3 aromatic carbocycles. The minimum atomic E-state index is -0.663. The van der Waals surface area contributed by atoms with E-state index < -0.39 is 18.5 Å². The smallest absolute Gasteiger partial charge is 0.342 e. The number of nitrogens with one attached hydrogen (secondary N) is 1. The molecule has 0 aliphatic heterocycles. The highest BCUT2D eigenvalue weighted by molar-refractivity contribution is 5.97. The predicted octanol–water partition coefficient (Wildman–Crippen LogP) is 5.63. The van der Waals surface area contributed by atoms with Crippen LogP contribution in [-0.4, -0.2) is 18.5 Å². The largest absolute Gasteiger partial charge is 0.488 e. The van der Waals surface area contributed by atoms with Crippen molar-refractivity contribution >= 4 is 17.6 Å². The van der Waals surface area contributed by atoms with E-state index in [1.165, 1.54) is 12.1 Å². The van der Waals surface area contributed by atoms with E-state index in [0.717, 1.165) is 22.4 Å². The number of anilines is 1. The predicted molar refractivity (Wildman–Crippen MR) is 121 cm³/mol. The van der Waals surface area contributed by atoms with E-state index in [2.05, 4.69) is 5.32 Å². The molecule has 0 aromatic heterocycles. The van der Waals surface area contributed by atoms with Crippen LogP contribution in [0.4, 0.5) is 10.1 Å². The average molecular weight is 435 g/mol. The third kappa shape index (κ3) is 5.94. The van der Waals surface area contributed by atoms with Gasteiger partial charge in [0.25, 0.3) is 5.91 Å². The standard InChI is InChI=1S/C26H26FNO4/c1-17(2)21-9-6-7-18(3)25(21)28-24(29)16-32-26(30)22-8-4-5-10-23(22)31-15-19-11-13-20(27)14-12-19/h4-14,17H,15-16H2,1-3H3,(H,28,29). The molecule has 0 saturated heterocycles. The van der Waals surface area contributed by atoms with Crippen molar-refractivity contribution in [3.63, 3.8) is 0 Å². The van der Waals surface area contributed by atoms with Gasteiger partial charge in [0.2, 0.25) is 0 Å². The SMILES string of the molecule is Cc1cccc(C(C)C)c1NC(=O)COC(=O)c1ccccc1OCc1ccc(F)cc1. The lowest BCUT2D eigenvalue weighted by Gasteiger charge is -2.16. The van der Waals surface area contributed by atoms with Gasteiger partial charge in [-0.2, -0.15) is 0 Å². The van der Waals surface area contributed by atoms with Crippen LogP contribution in [0.5, 0.6) is 5.75 Å². The van der Waals surface area contributed by atoms with Gasteiger partial charge in [0.15, 0.2) is 6.61 Å². The monoisotopic (exact) mass is 435 g/mol. The molecule has 0 aliphatic rings. The molecule has 0 bridgehead atoms. The number of para-hydroxylation sites is 2. The van der Waals surface area contributed by atoms with Crippen LogP contribution in [0.3, 0.4) is 0 Å². The Labute approximate surface area is 187 Å². The highest BCUT2D eigenvalue weighted by Gasteiger charge is 2.17. The quantitative estimate of drug-likeness (QED) is 0.466. The Morgan fingerprint density at radius 1 is 0.969 bits per heavy atom. The van der Waals surface area contributed by atoms with Gasteiger partial charge < -0.3 is 14.8 Å². The summed E-state index contributed by atoms with van der Waals surface area (Å²) >= 11 is 0. The first kappa shape index (κ1) is 23.0. The van der Waals surface area contributed by atoms with Gasteiger partial charge in [-0.1, -0.05) is 56.3 Å². The number of esters is 1. The van der Waals surface area contributed by atoms with E-state index in [1.54, 1.807) is 36.4 Å². The van der Waals surface area contributed by atoms with Gasteiger partial charge in [0, 0.05) is 5.69 Å². The fourth-order valence-corrected chi connectivity index (χ4v) is 3.23. The minimum absolute atomic E-state index is 0.163. The van der Waals surface area contributed by atoms with Gasteiger partial charge in [-0.3, -0.25) is 4.79 Å². The maximum atomic E-state index is 13.1. The lowest BCUT2D eigenvalue weighted by atomic mass is 9.98. The van der Waals surface area contributed by atoms with Gasteiger partial charge in [0.1, 0.15) is 23.7 Å². The van der Waals surface area contributed by atoms with E-state index >= 15 is 0 Å². The molecule has 0 spiro atoms. The fraction of sp³-hybridized carbons (Fsp3) is 0.231. The summed E-state index contributed by atoms with van der Waals surface area (Å²) in [6.07, 6.45) is 0. The van der Waals surface area contributed by atoms with Crippen LogP contribution in [0.25, 0.3) is 0 Å². The molecule has 1 amide bonds. The third-order valence-corrected chi connectivity index (χ3v) is 4.94. The van der Waals surface area contributed by atoms with Crippen molar-refractivity contribution in [3.05, 3.63) is 94.8 Å². The zero-order valence-corrected chi connectivity index (χ0v) is 18.4. The number of halogens is 1.